The van der Waals surface area contributed by atoms with Crippen LogP contribution in [-0.2, 0) is 35.5 Å². The summed E-state index contributed by atoms with van der Waals surface area (Å²) in [4.78, 5) is 38.6. The first-order chi connectivity index (χ1) is 17.3. The van der Waals surface area contributed by atoms with Gasteiger partial charge >= 0.3 is 5.97 Å². The number of esters is 1. The third kappa shape index (κ3) is 3.13. The zero-order valence-electron chi connectivity index (χ0n) is 18.9. The highest BCUT2D eigenvalue weighted by Crippen LogP contribution is 2.69. The molecule has 0 N–H and O–H groups in total. The number of benzene rings is 3. The van der Waals surface area contributed by atoms with Crippen molar-refractivity contribution in [3.63, 3.8) is 0 Å². The Balaban J connectivity index is 1.28. The molecule has 2 amide bonds. The van der Waals surface area contributed by atoms with Gasteiger partial charge in [0.2, 0.25) is 11.8 Å². The molecular formula is C28H20Cl3NO4. The first-order valence-electron chi connectivity index (χ1n) is 11.6. The number of amides is 2. The van der Waals surface area contributed by atoms with Crippen molar-refractivity contribution < 1.29 is 19.1 Å². The number of ether oxygens (including phenoxy) is 1. The fourth-order valence-corrected chi connectivity index (χ4v) is 7.19. The van der Waals surface area contributed by atoms with Crippen molar-refractivity contribution in [3.05, 3.63) is 106 Å². The van der Waals surface area contributed by atoms with Crippen LogP contribution in [0.1, 0.15) is 34.2 Å². The van der Waals surface area contributed by atoms with Crippen LogP contribution in [0.15, 0.2) is 72.8 Å². The van der Waals surface area contributed by atoms with Crippen LogP contribution < -0.4 is 0 Å². The quantitative estimate of drug-likeness (QED) is 0.248. The van der Waals surface area contributed by atoms with Gasteiger partial charge in [0, 0.05) is 11.6 Å². The molecule has 0 aromatic heterocycles. The van der Waals surface area contributed by atoms with Crippen molar-refractivity contribution >= 4 is 52.6 Å². The molecule has 0 unspecified atom stereocenters. The Morgan fingerprint density at radius 2 is 1.22 bits per heavy atom. The lowest BCUT2D eigenvalue weighted by molar-refractivity contribution is -0.146. The number of carbonyl (C=O) groups is 3. The summed E-state index contributed by atoms with van der Waals surface area (Å²) in [5.41, 5.74) is 3.75. The zero-order chi connectivity index (χ0) is 25.2. The molecule has 2 bridgehead atoms. The minimum atomic E-state index is -1.23. The molecule has 1 fully saturated rings. The van der Waals surface area contributed by atoms with Crippen molar-refractivity contribution in [2.24, 2.45) is 11.8 Å². The molecule has 36 heavy (non-hydrogen) atoms. The molecular weight excluding hydrogens is 521 g/mol. The van der Waals surface area contributed by atoms with E-state index in [-0.39, 0.29) is 19.6 Å². The summed E-state index contributed by atoms with van der Waals surface area (Å²) >= 11 is 20.6. The Morgan fingerprint density at radius 1 is 0.778 bits per heavy atom. The van der Waals surface area contributed by atoms with Crippen molar-refractivity contribution in [1.29, 1.82) is 0 Å². The zero-order valence-corrected chi connectivity index (χ0v) is 21.2. The van der Waals surface area contributed by atoms with E-state index in [1.54, 1.807) is 24.3 Å². The van der Waals surface area contributed by atoms with E-state index in [9.17, 15) is 14.4 Å². The van der Waals surface area contributed by atoms with Crippen molar-refractivity contribution in [3.8, 4) is 0 Å². The van der Waals surface area contributed by atoms with Crippen LogP contribution in [0, 0.1) is 11.8 Å². The average Bonchev–Trinajstić information content (AvgIpc) is 3.16. The summed E-state index contributed by atoms with van der Waals surface area (Å²) in [5, 5.41) is 0.588. The molecule has 0 radical (unpaired) electrons. The Labute approximate surface area is 222 Å². The summed E-state index contributed by atoms with van der Waals surface area (Å²) < 4.78 is 5.33. The van der Waals surface area contributed by atoms with E-state index in [0.29, 0.717) is 5.02 Å². The summed E-state index contributed by atoms with van der Waals surface area (Å²) in [7, 11) is 0. The molecule has 7 rings (SSSR count). The van der Waals surface area contributed by atoms with Gasteiger partial charge in [-0.05, 0) is 39.9 Å². The SMILES string of the molecule is O=C(CCN1C(=O)[C@H]2[C@H](C1=O)C1(Cl)c3ccccc3C2(Cl)c2ccccc21)OCc1ccc(Cl)cc1. The van der Waals surface area contributed by atoms with Gasteiger partial charge in [-0.3, -0.25) is 19.3 Å². The molecule has 3 aliphatic carbocycles. The second kappa shape index (κ2) is 8.34. The fourth-order valence-electron chi connectivity index (χ4n) is 5.96. The van der Waals surface area contributed by atoms with Gasteiger partial charge in [0.1, 0.15) is 16.4 Å². The Kier molecular flexibility index (Phi) is 5.45. The van der Waals surface area contributed by atoms with Gasteiger partial charge in [-0.1, -0.05) is 72.3 Å². The first kappa shape index (κ1) is 23.5. The lowest BCUT2D eigenvalue weighted by Crippen LogP contribution is -2.57. The molecule has 3 aromatic carbocycles. The molecule has 5 nitrogen and oxygen atoms in total. The van der Waals surface area contributed by atoms with Crippen LogP contribution in [0.2, 0.25) is 5.02 Å². The van der Waals surface area contributed by atoms with Crippen LogP contribution in [0.5, 0.6) is 0 Å². The minimum absolute atomic E-state index is 0.0728. The number of imide groups is 1. The van der Waals surface area contributed by atoms with Gasteiger partial charge in [0.05, 0.1) is 18.3 Å². The maximum Gasteiger partial charge on any atom is 0.307 e. The number of rotatable bonds is 5. The Bertz CT molecular complexity index is 1300. The molecule has 4 aliphatic rings. The number of likely N-dealkylation sites (tertiary alicyclic amines) is 1. The number of hydrogen-bond donors (Lipinski definition) is 0. The molecule has 3 aromatic rings. The van der Waals surface area contributed by atoms with Crippen molar-refractivity contribution in [2.75, 3.05) is 6.54 Å². The maximum absolute atomic E-state index is 13.7. The van der Waals surface area contributed by atoms with Gasteiger partial charge in [0.25, 0.3) is 0 Å². The minimum Gasteiger partial charge on any atom is -0.461 e. The van der Waals surface area contributed by atoms with Crippen LogP contribution in [0.25, 0.3) is 0 Å². The number of halogens is 3. The summed E-state index contributed by atoms with van der Waals surface area (Å²) in [6.45, 7) is -0.0277. The third-order valence-electron chi connectivity index (χ3n) is 7.53. The largest absolute Gasteiger partial charge is 0.461 e. The molecule has 0 saturated carbocycles. The molecule has 2 atom stereocenters. The van der Waals surface area contributed by atoms with Gasteiger partial charge < -0.3 is 4.74 Å². The third-order valence-corrected chi connectivity index (χ3v) is 9.07. The predicted molar refractivity (Wildman–Crippen MR) is 136 cm³/mol. The maximum atomic E-state index is 13.7. The van der Waals surface area contributed by atoms with Crippen LogP contribution in [0.4, 0.5) is 0 Å². The van der Waals surface area contributed by atoms with Crippen LogP contribution in [-0.4, -0.2) is 29.2 Å². The monoisotopic (exact) mass is 539 g/mol. The molecule has 182 valence electrons. The molecule has 1 heterocycles. The highest BCUT2D eigenvalue weighted by Gasteiger charge is 2.72. The average molecular weight is 541 g/mol. The molecule has 1 saturated heterocycles. The second-order valence-corrected chi connectivity index (χ2v) is 11.0. The van der Waals surface area contributed by atoms with Gasteiger partial charge in [0.15, 0.2) is 0 Å². The Hall–Kier alpha value is -2.86. The molecule has 8 heteroatoms. The summed E-state index contributed by atoms with van der Waals surface area (Å²) in [5.74, 6) is -3.10. The fraction of sp³-hybridized carbons (Fsp3) is 0.250. The van der Waals surface area contributed by atoms with Crippen LogP contribution >= 0.6 is 34.8 Å². The van der Waals surface area contributed by atoms with Gasteiger partial charge in [-0.15, -0.1) is 23.2 Å². The highest BCUT2D eigenvalue weighted by molar-refractivity contribution is 6.36. The van der Waals surface area contributed by atoms with E-state index in [0.717, 1.165) is 32.7 Å². The van der Waals surface area contributed by atoms with Gasteiger partial charge in [-0.25, -0.2) is 0 Å². The normalized spacial score (nSPS) is 27.5. The highest BCUT2D eigenvalue weighted by atomic mass is 35.5. The lowest BCUT2D eigenvalue weighted by atomic mass is 9.54. The summed E-state index contributed by atoms with van der Waals surface area (Å²) in [6.07, 6.45) is -0.130. The number of alkyl halides is 2. The summed E-state index contributed by atoms with van der Waals surface area (Å²) in [6, 6.07) is 21.9. The number of hydrogen-bond acceptors (Lipinski definition) is 4. The van der Waals surface area contributed by atoms with E-state index >= 15 is 0 Å². The smallest absolute Gasteiger partial charge is 0.307 e. The topological polar surface area (TPSA) is 63.7 Å². The van der Waals surface area contributed by atoms with E-state index in [4.69, 9.17) is 39.5 Å². The second-order valence-electron chi connectivity index (χ2n) is 9.34. The van der Waals surface area contributed by atoms with E-state index in [1.165, 1.54) is 0 Å². The van der Waals surface area contributed by atoms with Gasteiger partial charge in [-0.2, -0.15) is 0 Å². The Morgan fingerprint density at radius 3 is 1.67 bits per heavy atom. The van der Waals surface area contributed by atoms with E-state index in [2.05, 4.69) is 0 Å². The number of carbonyl (C=O) groups excluding carboxylic acids is 3. The van der Waals surface area contributed by atoms with Crippen molar-refractivity contribution in [1.82, 2.24) is 4.90 Å². The van der Waals surface area contributed by atoms with E-state index in [1.807, 2.05) is 48.5 Å². The predicted octanol–water partition coefficient (Wildman–Crippen LogP) is 5.37. The van der Waals surface area contributed by atoms with E-state index < -0.39 is 39.4 Å². The standard InChI is InChI=1S/C28H20Cl3NO4/c29-17-11-9-16(10-12-17)15-36-22(33)13-14-32-25(34)23-24(26(32)35)28(31)19-6-2-1-5-18(19)27(23,30)20-7-3-4-8-21(20)28/h1-12,23-24H,13-15H2/t23-,24-,27?,28?/m1/s1. The molecule has 1 aliphatic heterocycles. The first-order valence-corrected chi connectivity index (χ1v) is 12.7. The van der Waals surface area contributed by atoms with Crippen molar-refractivity contribution in [2.45, 2.75) is 22.8 Å². The number of nitrogens with zero attached hydrogens (tertiary/aromatic N) is 1. The van der Waals surface area contributed by atoms with Crippen LogP contribution in [0.3, 0.4) is 0 Å². The molecule has 0 spiro atoms. The lowest BCUT2D eigenvalue weighted by Gasteiger charge is -2.54.